The van der Waals surface area contributed by atoms with Crippen molar-refractivity contribution in [1.82, 2.24) is 24.6 Å². The molecule has 0 unspecified atom stereocenters. The zero-order valence-electron chi connectivity index (χ0n) is 23.4. The summed E-state index contributed by atoms with van der Waals surface area (Å²) < 4.78 is 13.4. The van der Waals surface area contributed by atoms with E-state index in [2.05, 4.69) is 34.0 Å². The van der Waals surface area contributed by atoms with Crippen molar-refractivity contribution < 1.29 is 18.7 Å². The van der Waals surface area contributed by atoms with Crippen molar-refractivity contribution in [2.45, 2.75) is 20.3 Å². The molecular weight excluding hydrogens is 536 g/mol. The maximum absolute atomic E-state index is 11.7. The summed E-state index contributed by atoms with van der Waals surface area (Å²) in [6, 6.07) is 9.96. The zero-order valence-corrected chi connectivity index (χ0v) is 23.4. The third-order valence-corrected chi connectivity index (χ3v) is 7.13. The fourth-order valence-corrected chi connectivity index (χ4v) is 4.94. The Hall–Kier alpha value is -4.97. The lowest BCUT2D eigenvalue weighted by Crippen LogP contribution is -2.37. The molecule has 2 amide bonds. The first-order chi connectivity index (χ1) is 20.4. The monoisotopic (exact) mass is 566 g/mol. The number of furan rings is 1. The number of fused-ring (bicyclic) bond motifs is 1. The molecule has 1 saturated heterocycles. The van der Waals surface area contributed by atoms with Gasteiger partial charge in [-0.05, 0) is 19.4 Å². The van der Waals surface area contributed by atoms with E-state index in [0.717, 1.165) is 21.6 Å². The van der Waals surface area contributed by atoms with Crippen LogP contribution in [-0.2, 0) is 14.3 Å². The Bertz CT molecular complexity index is 1730. The molecule has 1 fully saturated rings. The van der Waals surface area contributed by atoms with E-state index in [1.165, 1.54) is 12.2 Å². The normalized spacial score (nSPS) is 15.8. The zero-order chi connectivity index (χ0) is 29.2. The Morgan fingerprint density at radius 3 is 2.62 bits per heavy atom. The van der Waals surface area contributed by atoms with E-state index in [9.17, 15) is 9.59 Å². The fourth-order valence-electron chi connectivity index (χ4n) is 4.94. The fraction of sp³-hybridized carbons (Fsp3) is 0.300. The van der Waals surface area contributed by atoms with Crippen LogP contribution in [0.25, 0.3) is 28.2 Å². The summed E-state index contributed by atoms with van der Waals surface area (Å²) in [5, 5.41) is 13.2. The van der Waals surface area contributed by atoms with Gasteiger partial charge >= 0.3 is 0 Å². The molecule has 3 aromatic heterocycles. The number of hydrogen-bond donors (Lipinski definition) is 1. The second-order valence-electron chi connectivity index (χ2n) is 10.2. The predicted octanol–water partition coefficient (Wildman–Crippen LogP) is 3.36. The molecule has 0 bridgehead atoms. The minimum Gasteiger partial charge on any atom is -0.449 e. The molecule has 1 aromatic carbocycles. The van der Waals surface area contributed by atoms with Gasteiger partial charge in [-0.2, -0.15) is 10.1 Å². The standard InChI is InChI=1S/C30H30N8O4/c1-19-4-3-5-21(14-19)22-17-33-38(18-22)30-34-24-16-25(42-28(24)29(35-30)36-10-12-41-13-11-36)23(31)15-20(2)32-8-9-37-26(39)6-7-27(37)40/h3-7,14,16-18,31H,8-13,15H2,1-2H3/b31-23?,32-20+. The molecule has 0 aliphatic carbocycles. The summed E-state index contributed by atoms with van der Waals surface area (Å²) >= 11 is 0. The first-order valence-electron chi connectivity index (χ1n) is 13.7. The summed E-state index contributed by atoms with van der Waals surface area (Å²) in [5.74, 6) is 0.737. The van der Waals surface area contributed by atoms with Crippen LogP contribution >= 0.6 is 0 Å². The average Bonchev–Trinajstić information content (AvgIpc) is 3.73. The lowest BCUT2D eigenvalue weighted by molar-refractivity contribution is -0.136. The number of nitrogens with one attached hydrogen (secondary N) is 1. The van der Waals surface area contributed by atoms with Crippen LogP contribution in [-0.4, -0.2) is 87.3 Å². The van der Waals surface area contributed by atoms with Gasteiger partial charge in [0, 0.05) is 61.7 Å². The molecular formula is C30H30N8O4. The molecule has 0 spiro atoms. The molecule has 12 heteroatoms. The number of rotatable bonds is 9. The first kappa shape index (κ1) is 27.2. The first-order valence-corrected chi connectivity index (χ1v) is 13.7. The number of aryl methyl sites for hydroxylation is 1. The Morgan fingerprint density at radius 1 is 1.07 bits per heavy atom. The number of anilines is 1. The highest BCUT2D eigenvalue weighted by atomic mass is 16.5. The summed E-state index contributed by atoms with van der Waals surface area (Å²) in [4.78, 5) is 40.8. The summed E-state index contributed by atoms with van der Waals surface area (Å²) in [6.45, 7) is 6.77. The number of carbonyl (C=O) groups is 2. The van der Waals surface area contributed by atoms with Crippen molar-refractivity contribution in [1.29, 1.82) is 5.41 Å². The number of imide groups is 1. The van der Waals surface area contributed by atoms with E-state index in [1.807, 2.05) is 25.3 Å². The van der Waals surface area contributed by atoms with Crippen LogP contribution in [0.15, 0.2) is 64.3 Å². The lowest BCUT2D eigenvalue weighted by Gasteiger charge is -2.27. The SMILES string of the molecule is C/C(CC(=N)c1cc2nc(-n3cc(-c4cccc(C)c4)cn3)nc(N3CCOCC3)c2o1)=N\CCN1C(=O)C=CC1=O. The van der Waals surface area contributed by atoms with E-state index in [0.29, 0.717) is 60.6 Å². The number of nitrogens with zero attached hydrogens (tertiary/aromatic N) is 7. The summed E-state index contributed by atoms with van der Waals surface area (Å²) in [5.41, 5.74) is 5.17. The van der Waals surface area contributed by atoms with Crippen molar-refractivity contribution in [3.8, 4) is 17.1 Å². The maximum Gasteiger partial charge on any atom is 0.253 e. The summed E-state index contributed by atoms with van der Waals surface area (Å²) in [7, 11) is 0. The van der Waals surface area contributed by atoms with Gasteiger partial charge in [0.15, 0.2) is 17.2 Å². The van der Waals surface area contributed by atoms with Crippen molar-refractivity contribution in [2.75, 3.05) is 44.3 Å². The molecule has 0 radical (unpaired) electrons. The second kappa shape index (κ2) is 11.5. The van der Waals surface area contributed by atoms with Crippen LogP contribution < -0.4 is 4.90 Å². The largest absolute Gasteiger partial charge is 0.449 e. The van der Waals surface area contributed by atoms with E-state index in [-0.39, 0.29) is 37.0 Å². The third-order valence-electron chi connectivity index (χ3n) is 7.13. The smallest absolute Gasteiger partial charge is 0.253 e. The number of ether oxygens (including phenoxy) is 1. The molecule has 0 saturated carbocycles. The van der Waals surface area contributed by atoms with Crippen LogP contribution in [0.2, 0.25) is 0 Å². The maximum atomic E-state index is 11.7. The van der Waals surface area contributed by atoms with Gasteiger partial charge < -0.3 is 19.5 Å². The predicted molar refractivity (Wildman–Crippen MR) is 157 cm³/mol. The number of aromatic nitrogens is 4. The lowest BCUT2D eigenvalue weighted by atomic mass is 10.1. The van der Waals surface area contributed by atoms with Crippen molar-refractivity contribution in [2.24, 2.45) is 4.99 Å². The van der Waals surface area contributed by atoms with Crippen molar-refractivity contribution in [3.05, 3.63) is 66.2 Å². The van der Waals surface area contributed by atoms with Crippen LogP contribution in [0.5, 0.6) is 0 Å². The number of carbonyl (C=O) groups excluding carboxylic acids is 2. The van der Waals surface area contributed by atoms with Gasteiger partial charge in [0.1, 0.15) is 5.52 Å². The molecule has 214 valence electrons. The van der Waals surface area contributed by atoms with Crippen LogP contribution in [0, 0.1) is 12.3 Å². The molecule has 12 nitrogen and oxygen atoms in total. The quantitative estimate of drug-likeness (QED) is 0.240. The molecule has 0 atom stereocenters. The van der Waals surface area contributed by atoms with Crippen molar-refractivity contribution >= 4 is 40.2 Å². The van der Waals surface area contributed by atoms with E-state index in [1.54, 1.807) is 16.9 Å². The highest BCUT2D eigenvalue weighted by molar-refractivity contribution is 6.13. The number of hydrogen-bond acceptors (Lipinski definition) is 10. The van der Waals surface area contributed by atoms with E-state index < -0.39 is 0 Å². The number of benzene rings is 1. The Balaban J connectivity index is 1.26. The number of morpholine rings is 1. The summed E-state index contributed by atoms with van der Waals surface area (Å²) in [6.07, 6.45) is 6.45. The molecule has 2 aliphatic rings. The van der Waals surface area contributed by atoms with Crippen LogP contribution in [0.1, 0.15) is 24.7 Å². The topological polar surface area (TPSA) is 143 Å². The average molecular weight is 567 g/mol. The minimum absolute atomic E-state index is 0.195. The molecule has 4 aromatic rings. The van der Waals surface area contributed by atoms with Gasteiger partial charge in [0.25, 0.3) is 17.8 Å². The Morgan fingerprint density at radius 2 is 1.86 bits per heavy atom. The third kappa shape index (κ3) is 5.61. The van der Waals surface area contributed by atoms with Gasteiger partial charge in [-0.15, -0.1) is 0 Å². The van der Waals surface area contributed by atoms with Crippen LogP contribution in [0.3, 0.4) is 0 Å². The molecule has 5 heterocycles. The molecule has 42 heavy (non-hydrogen) atoms. The number of amides is 2. The van der Waals surface area contributed by atoms with Gasteiger partial charge in [0.2, 0.25) is 0 Å². The molecule has 6 rings (SSSR count). The number of aliphatic imine (C=N–C) groups is 1. The highest BCUT2D eigenvalue weighted by Gasteiger charge is 2.24. The van der Waals surface area contributed by atoms with Crippen LogP contribution in [0.4, 0.5) is 5.82 Å². The van der Waals surface area contributed by atoms with Gasteiger partial charge in [-0.25, -0.2) is 9.67 Å². The Labute approximate surface area is 241 Å². The van der Waals surface area contributed by atoms with Gasteiger partial charge in [-0.1, -0.05) is 29.8 Å². The molecule has 1 N–H and O–H groups in total. The van der Waals surface area contributed by atoms with E-state index in [4.69, 9.17) is 24.5 Å². The Kier molecular flexibility index (Phi) is 7.44. The van der Waals surface area contributed by atoms with Crippen molar-refractivity contribution in [3.63, 3.8) is 0 Å². The van der Waals surface area contributed by atoms with Gasteiger partial charge in [0.05, 0.1) is 31.7 Å². The molecule has 2 aliphatic heterocycles. The van der Waals surface area contributed by atoms with E-state index >= 15 is 0 Å². The highest BCUT2D eigenvalue weighted by Crippen LogP contribution is 2.30. The van der Waals surface area contributed by atoms with Gasteiger partial charge in [-0.3, -0.25) is 19.5 Å². The minimum atomic E-state index is -0.332. The second-order valence-corrected chi connectivity index (χ2v) is 10.2.